The Balaban J connectivity index is 3.13. The van der Waals surface area contributed by atoms with Crippen LogP contribution in [-0.4, -0.2) is 56.1 Å². The maximum absolute atomic E-state index is 11.8. The lowest BCUT2D eigenvalue weighted by molar-refractivity contribution is -0.869. The fourth-order valence-corrected chi connectivity index (χ4v) is 4.98. The second kappa shape index (κ2) is 23.9. The molecule has 0 spiro atoms. The summed E-state index contributed by atoms with van der Waals surface area (Å²) >= 11 is 2.08. The van der Waals surface area contributed by atoms with Gasteiger partial charge in [-0.05, 0) is 30.8 Å². The van der Waals surface area contributed by atoms with E-state index in [9.17, 15) is 4.79 Å². The lowest BCUT2D eigenvalue weighted by Gasteiger charge is -2.23. The van der Waals surface area contributed by atoms with E-state index in [2.05, 4.69) is 45.1 Å². The van der Waals surface area contributed by atoms with Crippen molar-refractivity contribution >= 4 is 17.7 Å². The third kappa shape index (κ3) is 27.8. The van der Waals surface area contributed by atoms with Crippen molar-refractivity contribution in [2.75, 3.05) is 45.7 Å². The molecule has 192 valence electrons. The normalized spacial score (nSPS) is 11.8. The van der Waals surface area contributed by atoms with Crippen molar-refractivity contribution in [3.63, 3.8) is 0 Å². The minimum Gasteiger partial charge on any atom is -0.350 e. The Bertz CT molecular complexity index is 395. The van der Waals surface area contributed by atoms with Crippen molar-refractivity contribution in [1.29, 1.82) is 0 Å². The third-order valence-corrected chi connectivity index (χ3v) is 7.34. The summed E-state index contributed by atoms with van der Waals surface area (Å²) in [4.78, 5) is 11.8. The summed E-state index contributed by atoms with van der Waals surface area (Å²) < 4.78 is 0.899. The molecule has 0 radical (unpaired) electrons. The minimum absolute atomic E-state index is 0.223. The van der Waals surface area contributed by atoms with Gasteiger partial charge in [0.05, 0.1) is 34.2 Å². The van der Waals surface area contributed by atoms with Crippen molar-refractivity contribution < 1.29 is 9.28 Å². The van der Waals surface area contributed by atoms with E-state index >= 15 is 0 Å². The van der Waals surface area contributed by atoms with Crippen LogP contribution in [0.1, 0.15) is 129 Å². The van der Waals surface area contributed by atoms with Gasteiger partial charge in [-0.2, -0.15) is 11.8 Å². The van der Waals surface area contributed by atoms with E-state index in [0.717, 1.165) is 24.0 Å². The molecule has 0 aromatic carbocycles. The maximum atomic E-state index is 11.8. The molecule has 0 fully saturated rings. The Kier molecular flexibility index (Phi) is 23.8. The summed E-state index contributed by atoms with van der Waals surface area (Å²) in [7, 11) is 6.47. The van der Waals surface area contributed by atoms with Crippen LogP contribution in [0.5, 0.6) is 0 Å². The Morgan fingerprint density at radius 1 is 0.625 bits per heavy atom. The number of hydrogen-bond donors (Lipinski definition) is 1. The van der Waals surface area contributed by atoms with Crippen molar-refractivity contribution in [1.82, 2.24) is 5.32 Å². The van der Waals surface area contributed by atoms with Crippen LogP contribution in [0, 0.1) is 0 Å². The summed E-state index contributed by atoms with van der Waals surface area (Å²) in [6.45, 7) is 4.07. The highest BCUT2D eigenvalue weighted by Crippen LogP contribution is 2.15. The van der Waals surface area contributed by atoms with Gasteiger partial charge >= 0.3 is 0 Å². The molecular weight excluding hydrogens is 412 g/mol. The molecule has 1 N–H and O–H groups in total. The molecule has 32 heavy (non-hydrogen) atoms. The van der Waals surface area contributed by atoms with E-state index in [1.54, 1.807) is 0 Å². The predicted molar refractivity (Wildman–Crippen MR) is 147 cm³/mol. The van der Waals surface area contributed by atoms with Gasteiger partial charge in [0, 0.05) is 6.42 Å². The number of quaternary nitrogens is 1. The molecule has 0 saturated heterocycles. The highest BCUT2D eigenvalue weighted by molar-refractivity contribution is 7.99. The molecule has 0 unspecified atom stereocenters. The molecule has 0 aromatic heterocycles. The number of rotatable bonds is 25. The first kappa shape index (κ1) is 31.8. The number of unbranched alkanes of at least 4 members (excludes halogenated alkanes) is 16. The Morgan fingerprint density at radius 3 is 1.47 bits per heavy atom. The minimum atomic E-state index is 0.223. The lowest BCUT2D eigenvalue weighted by Crippen LogP contribution is -2.41. The zero-order valence-corrected chi connectivity index (χ0v) is 23.3. The van der Waals surface area contributed by atoms with Crippen LogP contribution in [0.15, 0.2) is 0 Å². The van der Waals surface area contributed by atoms with Gasteiger partial charge in [0.15, 0.2) is 0 Å². The summed E-state index contributed by atoms with van der Waals surface area (Å²) in [5.74, 6) is 2.74. The first-order valence-electron chi connectivity index (χ1n) is 14.1. The molecule has 1 amide bonds. The molecule has 0 heterocycles. The zero-order valence-electron chi connectivity index (χ0n) is 22.5. The van der Waals surface area contributed by atoms with Gasteiger partial charge in [0.2, 0.25) is 5.91 Å². The molecule has 0 aliphatic carbocycles. The summed E-state index contributed by atoms with van der Waals surface area (Å²) in [6, 6.07) is 0. The van der Waals surface area contributed by atoms with Gasteiger partial charge in [0.25, 0.3) is 0 Å². The number of carbonyl (C=O) groups is 1. The molecule has 0 aliphatic rings. The van der Waals surface area contributed by atoms with E-state index in [4.69, 9.17) is 0 Å². The van der Waals surface area contributed by atoms with Gasteiger partial charge < -0.3 is 9.80 Å². The Labute approximate surface area is 206 Å². The monoisotopic (exact) mass is 471 g/mol. The topological polar surface area (TPSA) is 29.1 Å². The smallest absolute Gasteiger partial charge is 0.220 e. The number of amides is 1. The van der Waals surface area contributed by atoms with E-state index in [1.165, 1.54) is 121 Å². The predicted octanol–water partition coefficient (Wildman–Crippen LogP) is 7.97. The fourth-order valence-electron chi connectivity index (χ4n) is 3.96. The number of carbonyl (C=O) groups excluding carboxylic acids is 1. The van der Waals surface area contributed by atoms with E-state index in [-0.39, 0.29) is 5.91 Å². The van der Waals surface area contributed by atoms with Crippen LogP contribution < -0.4 is 5.32 Å². The second-order valence-electron chi connectivity index (χ2n) is 10.7. The van der Waals surface area contributed by atoms with Crippen molar-refractivity contribution in [2.24, 2.45) is 0 Å². The molecular formula is C28H59N2OS+. The molecule has 0 rings (SSSR count). The van der Waals surface area contributed by atoms with Crippen molar-refractivity contribution in [3.8, 4) is 0 Å². The van der Waals surface area contributed by atoms with E-state index < -0.39 is 0 Å². The van der Waals surface area contributed by atoms with Gasteiger partial charge in [-0.15, -0.1) is 0 Å². The second-order valence-corrected chi connectivity index (χ2v) is 12.0. The molecule has 4 heteroatoms. The fraction of sp³-hybridized carbons (Fsp3) is 0.964. The van der Waals surface area contributed by atoms with Crippen LogP contribution >= 0.6 is 11.8 Å². The number of thioether (sulfide) groups is 1. The quantitative estimate of drug-likeness (QED) is 0.108. The first-order chi connectivity index (χ1) is 15.5. The third-order valence-electron chi connectivity index (χ3n) is 6.19. The SMILES string of the molecule is CCCCCCCCCCCCCCCCCCSCCCCC(=O)NCC[N+](C)(C)C. The summed E-state index contributed by atoms with van der Waals surface area (Å²) in [5, 5.41) is 3.04. The van der Waals surface area contributed by atoms with Crippen LogP contribution in [0.3, 0.4) is 0 Å². The van der Waals surface area contributed by atoms with Gasteiger partial charge in [0.1, 0.15) is 0 Å². The molecule has 0 atom stereocenters. The number of hydrogen-bond acceptors (Lipinski definition) is 2. The number of likely N-dealkylation sites (N-methyl/N-ethyl adjacent to an activating group) is 1. The summed E-state index contributed by atoms with van der Waals surface area (Å²) in [5.41, 5.74) is 0. The Hall–Kier alpha value is -0.220. The zero-order chi connectivity index (χ0) is 23.8. The molecule has 0 saturated carbocycles. The molecule has 0 aromatic rings. The van der Waals surface area contributed by atoms with Crippen LogP contribution in [-0.2, 0) is 4.79 Å². The molecule has 3 nitrogen and oxygen atoms in total. The molecule has 0 bridgehead atoms. The van der Waals surface area contributed by atoms with Gasteiger partial charge in [-0.3, -0.25) is 4.79 Å². The van der Waals surface area contributed by atoms with Crippen LogP contribution in [0.2, 0.25) is 0 Å². The standard InChI is InChI=1S/C28H58N2OS/c1-5-6-7-8-9-10-11-12-13-14-15-16-17-18-19-21-26-32-27-22-20-23-28(31)29-24-25-30(2,3)4/h5-27H2,1-4H3/p+1. The Morgan fingerprint density at radius 2 is 1.03 bits per heavy atom. The lowest BCUT2D eigenvalue weighted by atomic mass is 10.0. The van der Waals surface area contributed by atoms with Crippen molar-refractivity contribution in [3.05, 3.63) is 0 Å². The molecule has 0 aliphatic heterocycles. The highest BCUT2D eigenvalue weighted by Gasteiger charge is 2.07. The number of nitrogens with one attached hydrogen (secondary N) is 1. The maximum Gasteiger partial charge on any atom is 0.220 e. The number of nitrogens with zero attached hydrogens (tertiary/aromatic N) is 1. The van der Waals surface area contributed by atoms with Crippen LogP contribution in [0.4, 0.5) is 0 Å². The van der Waals surface area contributed by atoms with Gasteiger partial charge in [-0.1, -0.05) is 103 Å². The average molecular weight is 472 g/mol. The highest BCUT2D eigenvalue weighted by atomic mass is 32.2. The average Bonchev–Trinajstić information content (AvgIpc) is 2.74. The van der Waals surface area contributed by atoms with E-state index in [1.807, 2.05) is 0 Å². The first-order valence-corrected chi connectivity index (χ1v) is 15.3. The van der Waals surface area contributed by atoms with Gasteiger partial charge in [-0.25, -0.2) is 0 Å². The summed E-state index contributed by atoms with van der Waals surface area (Å²) in [6.07, 6.45) is 25.9. The van der Waals surface area contributed by atoms with E-state index in [0.29, 0.717) is 6.42 Å². The largest absolute Gasteiger partial charge is 0.350 e. The van der Waals surface area contributed by atoms with Crippen LogP contribution in [0.25, 0.3) is 0 Å². The van der Waals surface area contributed by atoms with Crippen molar-refractivity contribution in [2.45, 2.75) is 129 Å².